The maximum absolute atomic E-state index is 14.0. The Morgan fingerprint density at radius 3 is 2.73 bits per heavy atom. The number of ketones is 1. The molecule has 1 aromatic carbocycles. The van der Waals surface area contributed by atoms with E-state index in [2.05, 4.69) is 15.9 Å². The molecule has 6 heteroatoms. The number of hydrogen-bond acceptors (Lipinski definition) is 4. The number of hydrogen-bond donors (Lipinski definition) is 1. The van der Waals surface area contributed by atoms with Gasteiger partial charge in [0.1, 0.15) is 5.82 Å². The second-order valence-corrected chi connectivity index (χ2v) is 7.13. The molecule has 2 fully saturated rings. The van der Waals surface area contributed by atoms with Crippen LogP contribution in [0, 0.1) is 11.7 Å². The van der Waals surface area contributed by atoms with Gasteiger partial charge in [0.15, 0.2) is 11.6 Å². The van der Waals surface area contributed by atoms with E-state index in [1.165, 1.54) is 18.2 Å². The summed E-state index contributed by atoms with van der Waals surface area (Å²) in [6.07, 6.45) is 1.15. The molecule has 1 saturated heterocycles. The number of ether oxygens (including phenoxy) is 2. The monoisotopic (exact) mass is 372 g/mol. The van der Waals surface area contributed by atoms with Crippen molar-refractivity contribution in [2.75, 3.05) is 13.2 Å². The molecule has 0 bridgehead atoms. The Balaban J connectivity index is 1.92. The number of aliphatic hydroxyl groups is 1. The van der Waals surface area contributed by atoms with Gasteiger partial charge in [0.2, 0.25) is 0 Å². The highest BCUT2D eigenvalue weighted by Crippen LogP contribution is 2.45. The molecule has 120 valence electrons. The molecule has 22 heavy (non-hydrogen) atoms. The van der Waals surface area contributed by atoms with Crippen molar-refractivity contribution in [3.63, 3.8) is 0 Å². The number of carbonyl (C=O) groups excluding carboxylic acids is 1. The van der Waals surface area contributed by atoms with Crippen molar-refractivity contribution in [3.8, 4) is 0 Å². The van der Waals surface area contributed by atoms with Crippen LogP contribution in [0.3, 0.4) is 0 Å². The molecule has 1 aliphatic heterocycles. The van der Waals surface area contributed by atoms with Crippen LogP contribution in [0.1, 0.15) is 36.5 Å². The van der Waals surface area contributed by atoms with Gasteiger partial charge in [-0.05, 0) is 31.5 Å². The number of benzene rings is 1. The van der Waals surface area contributed by atoms with Crippen molar-refractivity contribution in [2.45, 2.75) is 37.6 Å². The summed E-state index contributed by atoms with van der Waals surface area (Å²) in [7, 11) is 0. The molecule has 1 saturated carbocycles. The summed E-state index contributed by atoms with van der Waals surface area (Å²) in [5, 5.41) is 10.6. The summed E-state index contributed by atoms with van der Waals surface area (Å²) in [6, 6.07) is 4.23. The topological polar surface area (TPSA) is 55.8 Å². The molecule has 2 aliphatic rings. The van der Waals surface area contributed by atoms with Crippen molar-refractivity contribution in [1.29, 1.82) is 0 Å². The summed E-state index contributed by atoms with van der Waals surface area (Å²) >= 11 is 3.25. The van der Waals surface area contributed by atoms with E-state index in [9.17, 15) is 14.3 Å². The molecule has 1 aliphatic carbocycles. The van der Waals surface area contributed by atoms with Gasteiger partial charge in [-0.3, -0.25) is 4.79 Å². The lowest BCUT2D eigenvalue weighted by Crippen LogP contribution is -2.51. The summed E-state index contributed by atoms with van der Waals surface area (Å²) in [4.78, 5) is 12.8. The summed E-state index contributed by atoms with van der Waals surface area (Å²) in [5.74, 6) is -2.58. The minimum Gasteiger partial charge on any atom is -0.389 e. The molecule has 1 spiro atoms. The van der Waals surface area contributed by atoms with Crippen LogP contribution in [-0.2, 0) is 9.47 Å². The quantitative estimate of drug-likeness (QED) is 0.810. The second kappa shape index (κ2) is 5.67. The first kappa shape index (κ1) is 16.1. The molecule has 2 unspecified atom stereocenters. The van der Waals surface area contributed by atoms with Gasteiger partial charge in [-0.15, -0.1) is 0 Å². The Morgan fingerprint density at radius 2 is 2.05 bits per heavy atom. The lowest BCUT2D eigenvalue weighted by molar-refractivity contribution is -0.211. The van der Waals surface area contributed by atoms with Gasteiger partial charge in [0, 0.05) is 17.3 Å². The Bertz CT molecular complexity index is 596. The summed E-state index contributed by atoms with van der Waals surface area (Å²) in [5.41, 5.74) is -1.22. The Hall–Kier alpha value is -0.820. The number of Topliss-reactive ketones (excluding diaryl/α,β-unsaturated/α-hetero) is 1. The molecule has 1 N–H and O–H groups in total. The number of carbonyl (C=O) groups is 1. The zero-order valence-corrected chi connectivity index (χ0v) is 13.9. The standard InChI is InChI=1S/C16H18BrFO4/c1-15(20)4-5-16(21-6-7-22-16)9-12(15)14(19)11-8-10(17)2-3-13(11)18/h2-3,8,12,20H,4-7,9H2,1H3. The van der Waals surface area contributed by atoms with E-state index < -0.39 is 28.9 Å². The zero-order valence-electron chi connectivity index (χ0n) is 12.3. The van der Waals surface area contributed by atoms with Gasteiger partial charge < -0.3 is 14.6 Å². The van der Waals surface area contributed by atoms with Crippen molar-refractivity contribution in [2.24, 2.45) is 5.92 Å². The third-order valence-electron chi connectivity index (χ3n) is 4.60. The van der Waals surface area contributed by atoms with E-state index in [1.54, 1.807) is 6.92 Å². The SMILES string of the molecule is CC1(O)CCC2(CC1C(=O)c1cc(Br)ccc1F)OCCO2. The van der Waals surface area contributed by atoms with Crippen LogP contribution in [0.15, 0.2) is 22.7 Å². The predicted octanol–water partition coefficient (Wildman–Crippen LogP) is 3.07. The van der Waals surface area contributed by atoms with Crippen molar-refractivity contribution < 1.29 is 23.8 Å². The Morgan fingerprint density at radius 1 is 1.36 bits per heavy atom. The normalized spacial score (nSPS) is 30.6. The molecule has 2 atom stereocenters. The minimum atomic E-state index is -1.20. The molecule has 0 radical (unpaired) electrons. The van der Waals surface area contributed by atoms with Crippen LogP contribution < -0.4 is 0 Å². The van der Waals surface area contributed by atoms with E-state index in [4.69, 9.17) is 9.47 Å². The molecule has 1 aromatic rings. The second-order valence-electron chi connectivity index (χ2n) is 6.21. The third-order valence-corrected chi connectivity index (χ3v) is 5.10. The van der Waals surface area contributed by atoms with E-state index in [0.717, 1.165) is 0 Å². The minimum absolute atomic E-state index is 0.0188. The number of halogens is 2. The van der Waals surface area contributed by atoms with E-state index in [0.29, 0.717) is 30.5 Å². The van der Waals surface area contributed by atoms with Crippen molar-refractivity contribution in [1.82, 2.24) is 0 Å². The van der Waals surface area contributed by atoms with Crippen LogP contribution in [0.25, 0.3) is 0 Å². The molecule has 1 heterocycles. The molecule has 4 nitrogen and oxygen atoms in total. The van der Waals surface area contributed by atoms with Gasteiger partial charge in [0.25, 0.3) is 0 Å². The van der Waals surface area contributed by atoms with Crippen LogP contribution in [0.4, 0.5) is 4.39 Å². The van der Waals surface area contributed by atoms with Gasteiger partial charge >= 0.3 is 0 Å². The van der Waals surface area contributed by atoms with E-state index in [-0.39, 0.29) is 12.0 Å². The molecular weight excluding hydrogens is 355 g/mol. The fourth-order valence-corrected chi connectivity index (χ4v) is 3.62. The van der Waals surface area contributed by atoms with E-state index >= 15 is 0 Å². The number of rotatable bonds is 2. The summed E-state index contributed by atoms with van der Waals surface area (Å²) < 4.78 is 25.9. The zero-order chi connectivity index (χ0) is 16.0. The average molecular weight is 373 g/mol. The van der Waals surface area contributed by atoms with Crippen molar-refractivity contribution in [3.05, 3.63) is 34.1 Å². The average Bonchev–Trinajstić information content (AvgIpc) is 2.93. The first-order valence-electron chi connectivity index (χ1n) is 7.33. The van der Waals surface area contributed by atoms with Crippen LogP contribution in [-0.4, -0.2) is 35.5 Å². The largest absolute Gasteiger partial charge is 0.389 e. The third kappa shape index (κ3) is 2.85. The van der Waals surface area contributed by atoms with Crippen LogP contribution in [0.5, 0.6) is 0 Å². The first-order valence-corrected chi connectivity index (χ1v) is 8.12. The van der Waals surface area contributed by atoms with Gasteiger partial charge in [-0.1, -0.05) is 15.9 Å². The van der Waals surface area contributed by atoms with Gasteiger partial charge in [-0.25, -0.2) is 4.39 Å². The Kier molecular flexibility index (Phi) is 4.14. The highest BCUT2D eigenvalue weighted by molar-refractivity contribution is 9.10. The smallest absolute Gasteiger partial charge is 0.171 e. The Labute approximate surface area is 136 Å². The highest BCUT2D eigenvalue weighted by Gasteiger charge is 2.52. The lowest BCUT2D eigenvalue weighted by atomic mass is 9.70. The predicted molar refractivity (Wildman–Crippen MR) is 81.0 cm³/mol. The molecule has 0 amide bonds. The molecular formula is C16H18BrFO4. The maximum atomic E-state index is 14.0. The fourth-order valence-electron chi connectivity index (χ4n) is 3.26. The summed E-state index contributed by atoms with van der Waals surface area (Å²) in [6.45, 7) is 2.58. The molecule has 0 aromatic heterocycles. The van der Waals surface area contributed by atoms with Gasteiger partial charge in [0.05, 0.1) is 30.3 Å². The molecule has 3 rings (SSSR count). The van der Waals surface area contributed by atoms with Crippen LogP contribution in [0.2, 0.25) is 0 Å². The first-order chi connectivity index (χ1) is 10.3. The maximum Gasteiger partial charge on any atom is 0.171 e. The van der Waals surface area contributed by atoms with E-state index in [1.807, 2.05) is 0 Å². The van der Waals surface area contributed by atoms with Crippen LogP contribution >= 0.6 is 15.9 Å². The highest BCUT2D eigenvalue weighted by atomic mass is 79.9. The fraction of sp³-hybridized carbons (Fsp3) is 0.562. The lowest BCUT2D eigenvalue weighted by Gasteiger charge is -2.44. The van der Waals surface area contributed by atoms with Crippen molar-refractivity contribution >= 4 is 21.7 Å². The van der Waals surface area contributed by atoms with Gasteiger partial charge in [-0.2, -0.15) is 0 Å².